The van der Waals surface area contributed by atoms with Crippen LogP contribution < -0.4 is 4.74 Å². The standard InChI is InChI=1S/C22H26N2O2S/c25-22(24-10-9-23-8-2-5-19(23)13-24)21-11-16(15-27-21)14-26-20-7-6-17-3-1-4-18(17)12-20/h6-7,11-12,15,19H,1-5,8-10,13-14H2. The molecule has 1 amide bonds. The fraction of sp³-hybridized carbons (Fsp3) is 0.500. The van der Waals surface area contributed by atoms with E-state index in [9.17, 15) is 4.79 Å². The Bertz CT molecular complexity index is 847. The zero-order chi connectivity index (χ0) is 18.2. The summed E-state index contributed by atoms with van der Waals surface area (Å²) in [5, 5.41) is 2.06. The lowest BCUT2D eigenvalue weighted by Gasteiger charge is -2.37. The van der Waals surface area contributed by atoms with E-state index >= 15 is 0 Å². The van der Waals surface area contributed by atoms with Crippen molar-refractivity contribution in [1.29, 1.82) is 0 Å². The Balaban J connectivity index is 1.20. The van der Waals surface area contributed by atoms with Crippen LogP contribution in [0.15, 0.2) is 29.6 Å². The summed E-state index contributed by atoms with van der Waals surface area (Å²) in [6.45, 7) is 4.50. The van der Waals surface area contributed by atoms with Gasteiger partial charge in [-0.2, -0.15) is 0 Å². The molecule has 0 N–H and O–H groups in total. The van der Waals surface area contributed by atoms with Gasteiger partial charge in [-0.05, 0) is 73.4 Å². The molecule has 4 nitrogen and oxygen atoms in total. The number of ether oxygens (including phenoxy) is 1. The SMILES string of the molecule is O=C(c1cc(COc2ccc3c(c2)CCC3)cs1)N1CCN2CCCC2C1. The number of rotatable bonds is 4. The smallest absolute Gasteiger partial charge is 0.264 e. The topological polar surface area (TPSA) is 32.8 Å². The number of piperazine rings is 1. The molecule has 2 aromatic rings. The summed E-state index contributed by atoms with van der Waals surface area (Å²) in [5.74, 6) is 1.13. The second kappa shape index (κ2) is 7.28. The third-order valence-corrected chi connectivity index (χ3v) is 7.18. The van der Waals surface area contributed by atoms with Crippen molar-refractivity contribution in [2.45, 2.75) is 44.8 Å². The number of nitrogens with zero attached hydrogens (tertiary/aromatic N) is 2. The lowest BCUT2D eigenvalue weighted by Crippen LogP contribution is -2.51. The summed E-state index contributed by atoms with van der Waals surface area (Å²) in [5.41, 5.74) is 3.98. The van der Waals surface area contributed by atoms with Crippen LogP contribution in [0.4, 0.5) is 0 Å². The molecule has 3 heterocycles. The highest BCUT2D eigenvalue weighted by molar-refractivity contribution is 7.12. The van der Waals surface area contributed by atoms with Crippen LogP contribution in [-0.4, -0.2) is 47.9 Å². The molecule has 0 radical (unpaired) electrons. The minimum Gasteiger partial charge on any atom is -0.489 e. The number of carbonyl (C=O) groups is 1. The molecular formula is C22H26N2O2S. The molecule has 1 aromatic heterocycles. The number of hydrogen-bond donors (Lipinski definition) is 0. The number of fused-ring (bicyclic) bond motifs is 2. The number of aryl methyl sites for hydroxylation is 2. The van der Waals surface area contributed by atoms with Gasteiger partial charge in [0, 0.05) is 31.2 Å². The summed E-state index contributed by atoms with van der Waals surface area (Å²) in [6, 6.07) is 9.04. The molecule has 0 saturated carbocycles. The van der Waals surface area contributed by atoms with Crippen molar-refractivity contribution >= 4 is 17.2 Å². The number of hydrogen-bond acceptors (Lipinski definition) is 4. The van der Waals surface area contributed by atoms with Crippen molar-refractivity contribution in [2.75, 3.05) is 26.2 Å². The molecule has 5 heteroatoms. The molecule has 2 saturated heterocycles. The first-order valence-electron chi connectivity index (χ1n) is 10.1. The van der Waals surface area contributed by atoms with Crippen LogP contribution in [0.2, 0.25) is 0 Å². The van der Waals surface area contributed by atoms with Crippen LogP contribution >= 0.6 is 11.3 Å². The predicted octanol–water partition coefficient (Wildman–Crippen LogP) is 3.74. The average Bonchev–Trinajstić information content (AvgIpc) is 3.44. The number of thiophene rings is 1. The predicted molar refractivity (Wildman–Crippen MR) is 108 cm³/mol. The van der Waals surface area contributed by atoms with Gasteiger partial charge in [0.2, 0.25) is 0 Å². The van der Waals surface area contributed by atoms with E-state index in [2.05, 4.69) is 28.5 Å². The van der Waals surface area contributed by atoms with E-state index in [-0.39, 0.29) is 5.91 Å². The van der Waals surface area contributed by atoms with Crippen LogP contribution in [0.1, 0.15) is 45.6 Å². The molecule has 2 fully saturated rings. The Morgan fingerprint density at radius 1 is 1.11 bits per heavy atom. The Hall–Kier alpha value is -1.85. The van der Waals surface area contributed by atoms with E-state index in [0.717, 1.165) is 42.2 Å². The number of carbonyl (C=O) groups excluding carboxylic acids is 1. The van der Waals surface area contributed by atoms with Gasteiger partial charge >= 0.3 is 0 Å². The van der Waals surface area contributed by atoms with E-state index < -0.39 is 0 Å². The maximum atomic E-state index is 12.9. The van der Waals surface area contributed by atoms with Crippen molar-refractivity contribution in [3.8, 4) is 5.75 Å². The Morgan fingerprint density at radius 2 is 2.04 bits per heavy atom. The molecule has 1 aliphatic carbocycles. The molecule has 1 unspecified atom stereocenters. The largest absolute Gasteiger partial charge is 0.489 e. The fourth-order valence-corrected chi connectivity index (χ4v) is 5.56. The maximum absolute atomic E-state index is 12.9. The molecule has 1 atom stereocenters. The molecule has 0 bridgehead atoms. The molecule has 142 valence electrons. The highest BCUT2D eigenvalue weighted by atomic mass is 32.1. The van der Waals surface area contributed by atoms with Gasteiger partial charge in [0.05, 0.1) is 4.88 Å². The van der Waals surface area contributed by atoms with Crippen molar-refractivity contribution < 1.29 is 9.53 Å². The van der Waals surface area contributed by atoms with E-state index in [1.807, 2.05) is 11.0 Å². The molecule has 27 heavy (non-hydrogen) atoms. The van der Waals surface area contributed by atoms with E-state index in [1.165, 1.54) is 43.4 Å². The maximum Gasteiger partial charge on any atom is 0.264 e. The Kier molecular flexibility index (Phi) is 4.66. The van der Waals surface area contributed by atoms with Gasteiger partial charge in [-0.15, -0.1) is 11.3 Å². The quantitative estimate of drug-likeness (QED) is 0.808. The highest BCUT2D eigenvalue weighted by Gasteiger charge is 2.33. The zero-order valence-corrected chi connectivity index (χ0v) is 16.5. The first-order chi connectivity index (χ1) is 13.3. The van der Waals surface area contributed by atoms with Crippen molar-refractivity contribution in [2.24, 2.45) is 0 Å². The van der Waals surface area contributed by atoms with Gasteiger partial charge in [0.25, 0.3) is 5.91 Å². The van der Waals surface area contributed by atoms with Crippen molar-refractivity contribution in [1.82, 2.24) is 9.80 Å². The molecule has 1 aromatic carbocycles. The third kappa shape index (κ3) is 3.50. The van der Waals surface area contributed by atoms with Crippen LogP contribution in [0.3, 0.4) is 0 Å². The first-order valence-corrected chi connectivity index (χ1v) is 11.0. The molecular weight excluding hydrogens is 356 g/mol. The Morgan fingerprint density at radius 3 is 3.00 bits per heavy atom. The molecule has 3 aliphatic rings. The lowest BCUT2D eigenvalue weighted by molar-refractivity contribution is 0.0576. The number of benzene rings is 1. The summed E-state index contributed by atoms with van der Waals surface area (Å²) >= 11 is 1.55. The van der Waals surface area contributed by atoms with Gasteiger partial charge in [0.1, 0.15) is 12.4 Å². The van der Waals surface area contributed by atoms with Crippen LogP contribution in [0.5, 0.6) is 5.75 Å². The van der Waals surface area contributed by atoms with E-state index in [0.29, 0.717) is 12.6 Å². The van der Waals surface area contributed by atoms with Crippen molar-refractivity contribution in [3.63, 3.8) is 0 Å². The third-order valence-electron chi connectivity index (χ3n) is 6.21. The van der Waals surface area contributed by atoms with E-state index in [1.54, 1.807) is 11.3 Å². The van der Waals surface area contributed by atoms with Gasteiger partial charge in [0.15, 0.2) is 0 Å². The second-order valence-electron chi connectivity index (χ2n) is 7.98. The molecule has 5 rings (SSSR count). The van der Waals surface area contributed by atoms with Crippen molar-refractivity contribution in [3.05, 3.63) is 51.2 Å². The zero-order valence-electron chi connectivity index (χ0n) is 15.7. The van der Waals surface area contributed by atoms with Gasteiger partial charge < -0.3 is 9.64 Å². The van der Waals surface area contributed by atoms with Gasteiger partial charge in [-0.25, -0.2) is 0 Å². The Labute approximate surface area is 164 Å². The molecule has 2 aliphatic heterocycles. The summed E-state index contributed by atoms with van der Waals surface area (Å²) in [4.78, 5) is 18.3. The second-order valence-corrected chi connectivity index (χ2v) is 8.89. The normalized spacial score (nSPS) is 21.9. The van der Waals surface area contributed by atoms with Crippen LogP contribution in [0, 0.1) is 0 Å². The lowest BCUT2D eigenvalue weighted by atomic mass is 10.1. The number of amides is 1. The van der Waals surface area contributed by atoms with Gasteiger partial charge in [-0.3, -0.25) is 9.69 Å². The van der Waals surface area contributed by atoms with Crippen LogP contribution in [-0.2, 0) is 19.4 Å². The minimum atomic E-state index is 0.190. The summed E-state index contributed by atoms with van der Waals surface area (Å²) < 4.78 is 5.99. The first kappa shape index (κ1) is 17.3. The minimum absolute atomic E-state index is 0.190. The fourth-order valence-electron chi connectivity index (χ4n) is 4.70. The van der Waals surface area contributed by atoms with E-state index in [4.69, 9.17) is 4.74 Å². The van der Waals surface area contributed by atoms with Crippen LogP contribution in [0.25, 0.3) is 0 Å². The monoisotopic (exact) mass is 382 g/mol. The summed E-state index contributed by atoms with van der Waals surface area (Å²) in [7, 11) is 0. The average molecular weight is 383 g/mol. The van der Waals surface area contributed by atoms with Gasteiger partial charge in [-0.1, -0.05) is 6.07 Å². The summed E-state index contributed by atoms with van der Waals surface area (Å²) in [6.07, 6.45) is 6.12. The highest BCUT2D eigenvalue weighted by Crippen LogP contribution is 2.27. The molecule has 0 spiro atoms.